The van der Waals surface area contributed by atoms with Gasteiger partial charge in [-0.25, -0.2) is 4.68 Å². The zero-order valence-corrected chi connectivity index (χ0v) is 16.8. The molecular weight excluding hydrogens is 362 g/mol. The molecule has 5 nitrogen and oxygen atoms in total. The van der Waals surface area contributed by atoms with Crippen molar-refractivity contribution in [3.63, 3.8) is 0 Å². The lowest BCUT2D eigenvalue weighted by Crippen LogP contribution is -2.17. The van der Waals surface area contributed by atoms with E-state index in [4.69, 9.17) is 21.1 Å². The number of rotatable bonds is 7. The second kappa shape index (κ2) is 8.46. The van der Waals surface area contributed by atoms with Crippen LogP contribution in [0.25, 0.3) is 5.69 Å². The average molecular weight is 386 g/mol. The van der Waals surface area contributed by atoms with E-state index in [0.717, 1.165) is 40.6 Å². The maximum atomic E-state index is 6.64. The molecule has 0 fully saturated rings. The molecule has 0 radical (unpaired) electrons. The lowest BCUT2D eigenvalue weighted by atomic mass is 10.1. The van der Waals surface area contributed by atoms with Crippen molar-refractivity contribution >= 4 is 11.6 Å². The van der Waals surface area contributed by atoms with Gasteiger partial charge in [0, 0.05) is 18.7 Å². The molecule has 3 rings (SSSR count). The quantitative estimate of drug-likeness (QED) is 0.601. The van der Waals surface area contributed by atoms with Crippen LogP contribution >= 0.6 is 11.6 Å². The van der Waals surface area contributed by atoms with Crippen LogP contribution < -0.4 is 9.47 Å². The van der Waals surface area contributed by atoms with Crippen molar-refractivity contribution in [3.05, 3.63) is 70.5 Å². The number of ether oxygens (including phenoxy) is 2. The molecule has 3 aromatic rings. The standard InChI is InChI=1S/C21H24ClN3O2/c1-15-18(21(22)25(23-15)17-8-6-5-7-9-17)14-24(2)13-16-10-11-19(26-3)20(12-16)27-4/h5-12H,13-14H2,1-4H3. The Kier molecular flexibility index (Phi) is 6.04. The van der Waals surface area contributed by atoms with E-state index in [-0.39, 0.29) is 0 Å². The molecule has 2 aromatic carbocycles. The highest BCUT2D eigenvalue weighted by Crippen LogP contribution is 2.29. The number of nitrogens with zero attached hydrogens (tertiary/aromatic N) is 3. The number of para-hydroxylation sites is 1. The third kappa shape index (κ3) is 4.26. The maximum absolute atomic E-state index is 6.64. The first-order valence-electron chi connectivity index (χ1n) is 8.72. The largest absolute Gasteiger partial charge is 0.493 e. The summed E-state index contributed by atoms with van der Waals surface area (Å²) in [4.78, 5) is 2.20. The van der Waals surface area contributed by atoms with Crippen LogP contribution in [-0.2, 0) is 13.1 Å². The van der Waals surface area contributed by atoms with E-state index in [1.165, 1.54) is 0 Å². The van der Waals surface area contributed by atoms with E-state index in [1.54, 1.807) is 18.9 Å². The molecule has 1 aromatic heterocycles. The number of methoxy groups -OCH3 is 2. The van der Waals surface area contributed by atoms with Crippen LogP contribution in [0.4, 0.5) is 0 Å². The van der Waals surface area contributed by atoms with Crippen LogP contribution in [0.1, 0.15) is 16.8 Å². The van der Waals surface area contributed by atoms with Gasteiger partial charge in [-0.05, 0) is 43.8 Å². The van der Waals surface area contributed by atoms with Crippen molar-refractivity contribution in [2.45, 2.75) is 20.0 Å². The van der Waals surface area contributed by atoms with Crippen LogP contribution in [0.5, 0.6) is 11.5 Å². The lowest BCUT2D eigenvalue weighted by molar-refractivity contribution is 0.316. The van der Waals surface area contributed by atoms with Crippen molar-refractivity contribution in [1.29, 1.82) is 0 Å². The van der Waals surface area contributed by atoms with Gasteiger partial charge < -0.3 is 9.47 Å². The summed E-state index contributed by atoms with van der Waals surface area (Å²) >= 11 is 6.64. The fourth-order valence-electron chi connectivity index (χ4n) is 3.07. The summed E-state index contributed by atoms with van der Waals surface area (Å²) in [6.45, 7) is 3.45. The predicted molar refractivity (Wildman–Crippen MR) is 108 cm³/mol. The molecular formula is C21H24ClN3O2. The summed E-state index contributed by atoms with van der Waals surface area (Å²) < 4.78 is 12.5. The van der Waals surface area contributed by atoms with Gasteiger partial charge in [-0.15, -0.1) is 0 Å². The van der Waals surface area contributed by atoms with Crippen molar-refractivity contribution < 1.29 is 9.47 Å². The Labute approximate surface area is 165 Å². The molecule has 27 heavy (non-hydrogen) atoms. The Morgan fingerprint density at radius 2 is 1.70 bits per heavy atom. The number of benzene rings is 2. The molecule has 0 bridgehead atoms. The first-order chi connectivity index (χ1) is 13.0. The number of hydrogen-bond acceptors (Lipinski definition) is 4. The highest BCUT2D eigenvalue weighted by Gasteiger charge is 2.16. The molecule has 0 N–H and O–H groups in total. The molecule has 1 heterocycles. The minimum atomic E-state index is 0.651. The van der Waals surface area contributed by atoms with E-state index < -0.39 is 0 Å². The van der Waals surface area contributed by atoms with Gasteiger partial charge in [0.1, 0.15) is 5.15 Å². The molecule has 142 valence electrons. The summed E-state index contributed by atoms with van der Waals surface area (Å²) in [5, 5.41) is 5.26. The fourth-order valence-corrected chi connectivity index (χ4v) is 3.40. The van der Waals surface area contributed by atoms with Gasteiger partial charge in [0.2, 0.25) is 0 Å². The van der Waals surface area contributed by atoms with E-state index in [2.05, 4.69) is 17.0 Å². The molecule has 0 aliphatic heterocycles. The Balaban J connectivity index is 1.77. The highest BCUT2D eigenvalue weighted by atomic mass is 35.5. The van der Waals surface area contributed by atoms with E-state index in [1.807, 2.05) is 55.5 Å². The molecule has 0 atom stereocenters. The molecule has 0 amide bonds. The number of aryl methyl sites for hydroxylation is 1. The van der Waals surface area contributed by atoms with Crippen molar-refractivity contribution in [2.24, 2.45) is 0 Å². The van der Waals surface area contributed by atoms with Gasteiger partial charge >= 0.3 is 0 Å². The second-order valence-corrected chi connectivity index (χ2v) is 6.82. The van der Waals surface area contributed by atoms with Crippen molar-refractivity contribution in [3.8, 4) is 17.2 Å². The Hall–Kier alpha value is -2.50. The number of aromatic nitrogens is 2. The second-order valence-electron chi connectivity index (χ2n) is 6.46. The summed E-state index contributed by atoms with van der Waals surface area (Å²) in [6.07, 6.45) is 0. The monoisotopic (exact) mass is 385 g/mol. The lowest BCUT2D eigenvalue weighted by Gasteiger charge is -2.18. The third-order valence-corrected chi connectivity index (χ3v) is 4.84. The van der Waals surface area contributed by atoms with Gasteiger partial charge in [-0.2, -0.15) is 5.10 Å². The Morgan fingerprint density at radius 3 is 2.37 bits per heavy atom. The van der Waals surface area contributed by atoms with Crippen LogP contribution in [0, 0.1) is 6.92 Å². The molecule has 0 spiro atoms. The smallest absolute Gasteiger partial charge is 0.161 e. The average Bonchev–Trinajstić information content (AvgIpc) is 2.96. The SMILES string of the molecule is COc1ccc(CN(C)Cc2c(C)nn(-c3ccccc3)c2Cl)cc1OC. The van der Waals surface area contributed by atoms with Crippen LogP contribution in [0.15, 0.2) is 48.5 Å². The van der Waals surface area contributed by atoms with E-state index in [9.17, 15) is 0 Å². The normalized spacial score (nSPS) is 11.0. The summed E-state index contributed by atoms with van der Waals surface area (Å²) in [7, 11) is 5.34. The van der Waals surface area contributed by atoms with E-state index in [0.29, 0.717) is 11.7 Å². The van der Waals surface area contributed by atoms with Gasteiger partial charge in [0.15, 0.2) is 11.5 Å². The zero-order chi connectivity index (χ0) is 19.4. The number of hydrogen-bond donors (Lipinski definition) is 0. The van der Waals surface area contributed by atoms with Gasteiger partial charge in [-0.1, -0.05) is 35.9 Å². The zero-order valence-electron chi connectivity index (χ0n) is 16.1. The Morgan fingerprint density at radius 1 is 1.00 bits per heavy atom. The first kappa shape index (κ1) is 19.3. The van der Waals surface area contributed by atoms with Crippen LogP contribution in [0.3, 0.4) is 0 Å². The third-order valence-electron chi connectivity index (χ3n) is 4.45. The van der Waals surface area contributed by atoms with Gasteiger partial charge in [0.05, 0.1) is 25.6 Å². The summed E-state index contributed by atoms with van der Waals surface area (Å²) in [6, 6.07) is 15.9. The number of halogens is 1. The summed E-state index contributed by atoms with van der Waals surface area (Å²) in [5.41, 5.74) is 4.06. The van der Waals surface area contributed by atoms with Crippen molar-refractivity contribution in [2.75, 3.05) is 21.3 Å². The first-order valence-corrected chi connectivity index (χ1v) is 9.10. The predicted octanol–water partition coefficient (Wildman–Crippen LogP) is 4.48. The maximum Gasteiger partial charge on any atom is 0.161 e. The molecule has 0 unspecified atom stereocenters. The summed E-state index contributed by atoms with van der Waals surface area (Å²) in [5.74, 6) is 1.46. The molecule has 0 saturated heterocycles. The topological polar surface area (TPSA) is 39.5 Å². The van der Waals surface area contributed by atoms with Crippen LogP contribution in [-0.4, -0.2) is 35.9 Å². The fraction of sp³-hybridized carbons (Fsp3) is 0.286. The highest BCUT2D eigenvalue weighted by molar-refractivity contribution is 6.30. The van der Waals surface area contributed by atoms with Crippen molar-refractivity contribution in [1.82, 2.24) is 14.7 Å². The minimum Gasteiger partial charge on any atom is -0.493 e. The van der Waals surface area contributed by atoms with Gasteiger partial charge in [-0.3, -0.25) is 4.90 Å². The molecule has 0 saturated carbocycles. The van der Waals surface area contributed by atoms with E-state index >= 15 is 0 Å². The van der Waals surface area contributed by atoms with Gasteiger partial charge in [0.25, 0.3) is 0 Å². The molecule has 0 aliphatic carbocycles. The van der Waals surface area contributed by atoms with Crippen LogP contribution in [0.2, 0.25) is 5.15 Å². The molecule has 0 aliphatic rings. The molecule has 6 heteroatoms. The minimum absolute atomic E-state index is 0.651. The Bertz CT molecular complexity index is 909.